The predicted octanol–water partition coefficient (Wildman–Crippen LogP) is 0.542. The van der Waals surface area contributed by atoms with Gasteiger partial charge in [-0.05, 0) is 19.8 Å². The number of likely N-dealkylation sites (tertiary alicyclic amines) is 1. The first-order valence-electron chi connectivity index (χ1n) is 6.55. The summed E-state index contributed by atoms with van der Waals surface area (Å²) in [6.45, 7) is 3.44. The summed E-state index contributed by atoms with van der Waals surface area (Å²) in [5, 5.41) is 8.93. The van der Waals surface area contributed by atoms with Gasteiger partial charge < -0.3 is 14.9 Å². The van der Waals surface area contributed by atoms with Crippen LogP contribution in [0.5, 0.6) is 0 Å². The average molecular weight is 278 g/mol. The zero-order valence-corrected chi connectivity index (χ0v) is 11.7. The summed E-state index contributed by atoms with van der Waals surface area (Å²) in [5.41, 5.74) is 0.469. The van der Waals surface area contributed by atoms with Gasteiger partial charge in [0.2, 0.25) is 11.9 Å². The van der Waals surface area contributed by atoms with Crippen molar-refractivity contribution in [2.24, 2.45) is 0 Å². The van der Waals surface area contributed by atoms with Gasteiger partial charge in [0.25, 0.3) is 0 Å². The van der Waals surface area contributed by atoms with Gasteiger partial charge in [0.1, 0.15) is 0 Å². The second kappa shape index (κ2) is 5.85. The zero-order chi connectivity index (χ0) is 14.7. The molecule has 7 nitrogen and oxygen atoms in total. The topological polar surface area (TPSA) is 86.6 Å². The van der Waals surface area contributed by atoms with Crippen LogP contribution < -0.4 is 4.90 Å². The number of nitrogens with zero attached hydrogens (tertiary/aromatic N) is 4. The van der Waals surface area contributed by atoms with Crippen LogP contribution in [0.4, 0.5) is 5.95 Å². The Morgan fingerprint density at radius 1 is 1.40 bits per heavy atom. The molecule has 1 aliphatic heterocycles. The van der Waals surface area contributed by atoms with Crippen LogP contribution in [0.15, 0.2) is 6.20 Å². The van der Waals surface area contributed by atoms with E-state index in [1.165, 1.54) is 6.20 Å². The lowest BCUT2D eigenvalue weighted by molar-refractivity contribution is -0.128. The van der Waals surface area contributed by atoms with Crippen LogP contribution in [0, 0.1) is 6.92 Å². The lowest BCUT2D eigenvalue weighted by Gasteiger charge is -2.21. The van der Waals surface area contributed by atoms with Crippen molar-refractivity contribution in [3.63, 3.8) is 0 Å². The molecule has 108 valence electrons. The van der Waals surface area contributed by atoms with Crippen LogP contribution >= 0.6 is 0 Å². The SMILES string of the molecule is Cc1nc(N(C)CC(=O)N2CCCC2)ncc1C(=O)O. The van der Waals surface area contributed by atoms with Crippen molar-refractivity contribution in [3.05, 3.63) is 17.5 Å². The molecule has 7 heteroatoms. The van der Waals surface area contributed by atoms with Crippen molar-refractivity contribution < 1.29 is 14.7 Å². The number of aryl methyl sites for hydroxylation is 1. The van der Waals surface area contributed by atoms with Crippen LogP contribution in [0.3, 0.4) is 0 Å². The fraction of sp³-hybridized carbons (Fsp3) is 0.538. The summed E-state index contributed by atoms with van der Waals surface area (Å²) in [6.07, 6.45) is 3.38. The first-order chi connectivity index (χ1) is 9.49. The monoisotopic (exact) mass is 278 g/mol. The molecule has 20 heavy (non-hydrogen) atoms. The van der Waals surface area contributed by atoms with E-state index in [9.17, 15) is 9.59 Å². The number of hydrogen-bond donors (Lipinski definition) is 1. The smallest absolute Gasteiger partial charge is 0.339 e. The molecule has 1 fully saturated rings. The summed E-state index contributed by atoms with van der Waals surface area (Å²) in [5.74, 6) is -0.640. The molecule has 0 unspecified atom stereocenters. The van der Waals surface area contributed by atoms with E-state index >= 15 is 0 Å². The molecule has 1 aromatic heterocycles. The van der Waals surface area contributed by atoms with Crippen molar-refractivity contribution in [2.75, 3.05) is 31.6 Å². The number of likely N-dealkylation sites (N-methyl/N-ethyl adjacent to an activating group) is 1. The van der Waals surface area contributed by atoms with E-state index in [0.29, 0.717) is 11.6 Å². The van der Waals surface area contributed by atoms with E-state index in [1.807, 2.05) is 4.90 Å². The Bertz CT molecular complexity index is 526. The highest BCUT2D eigenvalue weighted by atomic mass is 16.4. The Hall–Kier alpha value is -2.18. The maximum Gasteiger partial charge on any atom is 0.339 e. The standard InChI is InChI=1S/C13H18N4O3/c1-9-10(12(19)20)7-14-13(15-9)16(2)8-11(18)17-5-3-4-6-17/h7H,3-6,8H2,1-2H3,(H,19,20). The summed E-state index contributed by atoms with van der Waals surface area (Å²) in [7, 11) is 1.73. The zero-order valence-electron chi connectivity index (χ0n) is 11.7. The maximum absolute atomic E-state index is 12.0. The van der Waals surface area contributed by atoms with Gasteiger partial charge in [0.05, 0.1) is 17.8 Å². The minimum Gasteiger partial charge on any atom is -0.478 e. The van der Waals surface area contributed by atoms with Crippen molar-refractivity contribution in [3.8, 4) is 0 Å². The van der Waals surface area contributed by atoms with Crippen molar-refractivity contribution in [1.29, 1.82) is 0 Å². The van der Waals surface area contributed by atoms with E-state index in [1.54, 1.807) is 18.9 Å². The lowest BCUT2D eigenvalue weighted by atomic mass is 10.2. The fourth-order valence-electron chi connectivity index (χ4n) is 2.19. The minimum absolute atomic E-state index is 0.0496. The highest BCUT2D eigenvalue weighted by Gasteiger charge is 2.20. The highest BCUT2D eigenvalue weighted by molar-refractivity contribution is 5.88. The quantitative estimate of drug-likeness (QED) is 0.865. The Morgan fingerprint density at radius 2 is 2.05 bits per heavy atom. The number of aromatic carboxylic acids is 1. The molecule has 0 radical (unpaired) electrons. The van der Waals surface area contributed by atoms with E-state index in [2.05, 4.69) is 9.97 Å². The third-order valence-electron chi connectivity index (χ3n) is 3.37. The number of carbonyl (C=O) groups excluding carboxylic acids is 1. The molecule has 2 heterocycles. The second-order valence-electron chi connectivity index (χ2n) is 4.92. The normalized spacial score (nSPS) is 14.4. The van der Waals surface area contributed by atoms with Gasteiger partial charge in [-0.2, -0.15) is 0 Å². The average Bonchev–Trinajstić information content (AvgIpc) is 2.91. The van der Waals surface area contributed by atoms with E-state index in [4.69, 9.17) is 5.11 Å². The van der Waals surface area contributed by atoms with Gasteiger partial charge in [-0.3, -0.25) is 4.79 Å². The molecule has 0 bridgehead atoms. The molecule has 0 spiro atoms. The van der Waals surface area contributed by atoms with Gasteiger partial charge >= 0.3 is 5.97 Å². The number of carboxylic acid groups (broad SMARTS) is 1. The molecule has 1 amide bonds. The summed E-state index contributed by atoms with van der Waals surface area (Å²) >= 11 is 0. The van der Waals surface area contributed by atoms with E-state index < -0.39 is 5.97 Å². The molecular formula is C13H18N4O3. The van der Waals surface area contributed by atoms with Crippen LogP contribution in [0.25, 0.3) is 0 Å². The molecule has 2 rings (SSSR count). The molecular weight excluding hydrogens is 260 g/mol. The molecule has 0 atom stereocenters. The van der Waals surface area contributed by atoms with Crippen molar-refractivity contribution >= 4 is 17.8 Å². The summed E-state index contributed by atoms with van der Waals surface area (Å²) in [6, 6.07) is 0. The molecule has 0 saturated carbocycles. The molecule has 0 aromatic carbocycles. The minimum atomic E-state index is -1.05. The van der Waals surface area contributed by atoms with E-state index in [-0.39, 0.29) is 18.0 Å². The molecule has 1 aromatic rings. The number of aromatic nitrogens is 2. The van der Waals surface area contributed by atoms with Gasteiger partial charge in [0.15, 0.2) is 0 Å². The Morgan fingerprint density at radius 3 is 2.60 bits per heavy atom. The summed E-state index contributed by atoms with van der Waals surface area (Å²) in [4.78, 5) is 34.5. The third-order valence-corrected chi connectivity index (χ3v) is 3.37. The van der Waals surface area contributed by atoms with Crippen molar-refractivity contribution in [2.45, 2.75) is 19.8 Å². The number of carbonyl (C=O) groups is 2. The number of amides is 1. The highest BCUT2D eigenvalue weighted by Crippen LogP contribution is 2.12. The molecule has 0 aliphatic carbocycles. The summed E-state index contributed by atoms with van der Waals surface area (Å²) < 4.78 is 0. The largest absolute Gasteiger partial charge is 0.478 e. The molecule has 1 aliphatic rings. The lowest BCUT2D eigenvalue weighted by Crippen LogP contribution is -2.38. The van der Waals surface area contributed by atoms with Crippen LogP contribution in [-0.4, -0.2) is 58.5 Å². The third kappa shape index (κ3) is 3.04. The Kier molecular flexibility index (Phi) is 4.16. The van der Waals surface area contributed by atoms with Gasteiger partial charge in [-0.15, -0.1) is 0 Å². The Balaban J connectivity index is 2.05. The van der Waals surface area contributed by atoms with Crippen LogP contribution in [0.2, 0.25) is 0 Å². The molecule has 1 saturated heterocycles. The van der Waals surface area contributed by atoms with Gasteiger partial charge in [-0.1, -0.05) is 0 Å². The number of hydrogen-bond acceptors (Lipinski definition) is 5. The number of anilines is 1. The van der Waals surface area contributed by atoms with Crippen LogP contribution in [0.1, 0.15) is 28.9 Å². The predicted molar refractivity (Wildman–Crippen MR) is 72.8 cm³/mol. The molecule has 1 N–H and O–H groups in total. The van der Waals surface area contributed by atoms with E-state index in [0.717, 1.165) is 25.9 Å². The number of rotatable bonds is 4. The first kappa shape index (κ1) is 14.2. The number of carboxylic acids is 1. The van der Waals surface area contributed by atoms with Gasteiger partial charge in [-0.25, -0.2) is 14.8 Å². The van der Waals surface area contributed by atoms with Crippen molar-refractivity contribution in [1.82, 2.24) is 14.9 Å². The fourth-order valence-corrected chi connectivity index (χ4v) is 2.19. The Labute approximate surface area is 117 Å². The van der Waals surface area contributed by atoms with Crippen LogP contribution in [-0.2, 0) is 4.79 Å². The maximum atomic E-state index is 12.0. The first-order valence-corrected chi connectivity index (χ1v) is 6.55. The second-order valence-corrected chi connectivity index (χ2v) is 4.92. The van der Waals surface area contributed by atoms with Gasteiger partial charge in [0, 0.05) is 26.3 Å².